The highest BCUT2D eigenvalue weighted by Gasteiger charge is 2.43. The molecule has 6 aromatic carbocycles. The maximum atomic E-state index is 7.51. The number of furan rings is 1. The predicted molar refractivity (Wildman–Crippen MR) is 246 cm³/mol. The summed E-state index contributed by atoms with van der Waals surface area (Å²) in [6.45, 7) is 13.3. The van der Waals surface area contributed by atoms with Gasteiger partial charge < -0.3 is 9.15 Å². The van der Waals surface area contributed by atoms with Crippen LogP contribution < -0.4 is 37.5 Å². The van der Waals surface area contributed by atoms with Crippen molar-refractivity contribution in [3.63, 3.8) is 0 Å². The molecule has 2 aliphatic rings. The first-order chi connectivity index (χ1) is 28.7. The van der Waals surface area contributed by atoms with Crippen molar-refractivity contribution in [1.82, 2.24) is 9.97 Å². The minimum absolute atomic E-state index is 0.0383. The van der Waals surface area contributed by atoms with Crippen molar-refractivity contribution in [2.24, 2.45) is 0 Å². The van der Waals surface area contributed by atoms with Gasteiger partial charge in [-0.1, -0.05) is 147 Å². The predicted octanol–water partition coefficient (Wildman–Crippen LogP) is 8.72. The van der Waals surface area contributed by atoms with E-state index in [4.69, 9.17) is 19.1 Å². The summed E-state index contributed by atoms with van der Waals surface area (Å²) >= 11 is 0. The van der Waals surface area contributed by atoms with E-state index in [1.807, 2.05) is 12.1 Å². The summed E-state index contributed by atoms with van der Waals surface area (Å²) in [5.74, 6) is 1.55. The topological polar surface area (TPSA) is 48.2 Å². The van der Waals surface area contributed by atoms with Gasteiger partial charge in [0.25, 0.3) is 0 Å². The summed E-state index contributed by atoms with van der Waals surface area (Å²) < 4.78 is 14.2. The highest BCUT2D eigenvalue weighted by atomic mass is 16.5. The van der Waals surface area contributed by atoms with Gasteiger partial charge in [-0.25, -0.2) is 0 Å². The minimum atomic E-state index is -0.499. The van der Waals surface area contributed by atoms with Crippen LogP contribution in [-0.4, -0.2) is 23.4 Å². The molecule has 0 N–H and O–H groups in total. The highest BCUT2D eigenvalue weighted by molar-refractivity contribution is 7.12. The standard InChI is InChI=1S/C53H42B2N2O2/c1-31-15-11-16-32(2)49(31)54-40-20-8-9-21-41(40)55(50-33(3)17-12-18-34(50)4)51-42(54)27-35-28-46(51)58-36-29-38-37-19-7-10-24-45(37)59-52(38)39(30-36)44-23-14-26-48(57-44)53(5,6)47-25-13-22-43(35)56-47/h7-30H,1-6H3. The Morgan fingerprint density at radius 1 is 0.492 bits per heavy atom. The smallest absolute Gasteiger partial charge is 0.245 e. The normalized spacial score (nSPS) is 13.8. The van der Waals surface area contributed by atoms with Crippen LogP contribution in [0, 0.1) is 27.7 Å². The molecule has 4 nitrogen and oxygen atoms in total. The van der Waals surface area contributed by atoms with E-state index in [-0.39, 0.29) is 13.4 Å². The Morgan fingerprint density at radius 2 is 1.07 bits per heavy atom. The fourth-order valence-corrected chi connectivity index (χ4v) is 10.1. The number of hydrogen-bond acceptors (Lipinski definition) is 4. The third-order valence-corrected chi connectivity index (χ3v) is 13.1. The number of aromatic nitrogens is 2. The molecule has 2 aliphatic heterocycles. The van der Waals surface area contributed by atoms with Gasteiger partial charge in [-0.05, 0) is 95.5 Å². The lowest BCUT2D eigenvalue weighted by atomic mass is 9.20. The Labute approximate surface area is 346 Å². The molecule has 6 heteroatoms. The monoisotopic (exact) mass is 760 g/mol. The average Bonchev–Trinajstić information content (AvgIpc) is 3.62. The number of nitrogens with zero attached hydrogens (tertiary/aromatic N) is 2. The number of para-hydroxylation sites is 1. The molecule has 282 valence electrons. The first-order valence-corrected chi connectivity index (χ1v) is 20.6. The number of ether oxygens (including phenoxy) is 1. The molecule has 59 heavy (non-hydrogen) atoms. The average molecular weight is 761 g/mol. The molecular formula is C53H42B2N2O2. The molecule has 8 bridgehead atoms. The number of rotatable bonds is 2. The lowest BCUT2D eigenvalue weighted by Gasteiger charge is -2.36. The van der Waals surface area contributed by atoms with Crippen LogP contribution in [0.3, 0.4) is 0 Å². The van der Waals surface area contributed by atoms with Gasteiger partial charge in [-0.2, -0.15) is 0 Å². The van der Waals surface area contributed by atoms with Crippen molar-refractivity contribution < 1.29 is 9.15 Å². The van der Waals surface area contributed by atoms with Gasteiger partial charge in [0.2, 0.25) is 13.4 Å². The quantitative estimate of drug-likeness (QED) is 0.166. The van der Waals surface area contributed by atoms with Crippen LogP contribution in [0.2, 0.25) is 0 Å². The van der Waals surface area contributed by atoms with Gasteiger partial charge >= 0.3 is 0 Å². The van der Waals surface area contributed by atoms with Crippen LogP contribution in [0.4, 0.5) is 0 Å². The van der Waals surface area contributed by atoms with Gasteiger partial charge in [0, 0.05) is 27.3 Å². The number of aryl methyl sites for hydroxylation is 4. The van der Waals surface area contributed by atoms with E-state index in [0.717, 1.165) is 67.3 Å². The Morgan fingerprint density at radius 3 is 1.76 bits per heavy atom. The minimum Gasteiger partial charge on any atom is -0.458 e. The van der Waals surface area contributed by atoms with E-state index in [2.05, 4.69) is 175 Å². The van der Waals surface area contributed by atoms with Crippen molar-refractivity contribution >= 4 is 68.1 Å². The lowest BCUT2D eigenvalue weighted by Crippen LogP contribution is -2.76. The summed E-state index contributed by atoms with van der Waals surface area (Å²) in [5, 5.41) is 2.04. The molecule has 9 aromatic rings. The van der Waals surface area contributed by atoms with Gasteiger partial charge in [0.15, 0.2) is 0 Å². The Balaban J connectivity index is 1.30. The summed E-state index contributed by atoms with van der Waals surface area (Å²) in [7, 11) is 0. The second-order valence-electron chi connectivity index (χ2n) is 17.1. The Bertz CT molecular complexity index is 3160. The first kappa shape index (κ1) is 35.5. The van der Waals surface area contributed by atoms with Crippen LogP contribution >= 0.6 is 0 Å². The second-order valence-corrected chi connectivity index (χ2v) is 17.1. The molecule has 0 amide bonds. The zero-order valence-electron chi connectivity index (χ0n) is 34.2. The van der Waals surface area contributed by atoms with Crippen molar-refractivity contribution in [2.75, 3.05) is 0 Å². The van der Waals surface area contributed by atoms with E-state index in [1.165, 1.54) is 55.0 Å². The van der Waals surface area contributed by atoms with Gasteiger partial charge in [-0.3, -0.25) is 9.97 Å². The van der Waals surface area contributed by atoms with Crippen molar-refractivity contribution in [3.8, 4) is 34.0 Å². The molecule has 0 spiro atoms. The van der Waals surface area contributed by atoms with E-state index in [1.54, 1.807) is 0 Å². The SMILES string of the molecule is Cc1cccc(C)c1B1c2ccccc2B(c2c(C)cccc2C)c2c3cc(cc21)-c1cccc(n1)C(C)(C)c1cccc(n1)-c1cc(cc2c1oc1ccccc12)O3. The summed E-state index contributed by atoms with van der Waals surface area (Å²) in [6, 6.07) is 52.3. The maximum Gasteiger partial charge on any atom is 0.245 e. The number of benzene rings is 6. The first-order valence-electron chi connectivity index (χ1n) is 20.6. The molecule has 0 saturated carbocycles. The molecule has 0 unspecified atom stereocenters. The number of pyridine rings is 2. The zero-order valence-corrected chi connectivity index (χ0v) is 34.2. The van der Waals surface area contributed by atoms with Crippen LogP contribution in [-0.2, 0) is 5.41 Å². The summed E-state index contributed by atoms with van der Waals surface area (Å²) in [4.78, 5) is 10.8. The van der Waals surface area contributed by atoms with Crippen LogP contribution in [0.5, 0.6) is 11.5 Å². The van der Waals surface area contributed by atoms with Gasteiger partial charge in [0.05, 0.1) is 22.8 Å². The zero-order chi connectivity index (χ0) is 40.2. The van der Waals surface area contributed by atoms with E-state index >= 15 is 0 Å². The largest absolute Gasteiger partial charge is 0.458 e. The van der Waals surface area contributed by atoms with Crippen molar-refractivity contribution in [2.45, 2.75) is 47.0 Å². The molecule has 3 aromatic heterocycles. The van der Waals surface area contributed by atoms with E-state index in [9.17, 15) is 0 Å². The van der Waals surface area contributed by atoms with Gasteiger partial charge in [0.1, 0.15) is 22.7 Å². The number of fused-ring (bicyclic) bond motifs is 17. The lowest BCUT2D eigenvalue weighted by molar-refractivity contribution is 0.487. The molecule has 0 atom stereocenters. The van der Waals surface area contributed by atoms with Crippen LogP contribution in [0.15, 0.2) is 150 Å². The molecule has 0 fully saturated rings. The van der Waals surface area contributed by atoms with Crippen LogP contribution in [0.1, 0.15) is 47.5 Å². The molecule has 0 radical (unpaired) electrons. The van der Waals surface area contributed by atoms with E-state index in [0.29, 0.717) is 0 Å². The summed E-state index contributed by atoms with van der Waals surface area (Å²) in [6.07, 6.45) is 0. The third kappa shape index (κ3) is 5.46. The fraction of sp³-hybridized carbons (Fsp3) is 0.132. The molecule has 5 heterocycles. The Kier molecular flexibility index (Phi) is 7.94. The molecular weight excluding hydrogens is 718 g/mol. The highest BCUT2D eigenvalue weighted by Crippen LogP contribution is 2.41. The fourth-order valence-electron chi connectivity index (χ4n) is 10.1. The Hall–Kier alpha value is -6.65. The van der Waals surface area contributed by atoms with E-state index < -0.39 is 5.41 Å². The maximum absolute atomic E-state index is 7.51. The van der Waals surface area contributed by atoms with Crippen molar-refractivity contribution in [3.05, 3.63) is 179 Å². The molecule has 11 rings (SSSR count). The van der Waals surface area contributed by atoms with Crippen molar-refractivity contribution in [1.29, 1.82) is 0 Å². The second kappa shape index (κ2) is 13.2. The van der Waals surface area contributed by atoms with Crippen LogP contribution in [0.25, 0.3) is 44.5 Å². The van der Waals surface area contributed by atoms with Gasteiger partial charge in [-0.15, -0.1) is 0 Å². The third-order valence-electron chi connectivity index (χ3n) is 13.1. The molecule has 0 saturated heterocycles. The number of hydrogen-bond donors (Lipinski definition) is 0. The summed E-state index contributed by atoms with van der Waals surface area (Å²) in [5.41, 5.74) is 19.4. The molecule has 0 aliphatic carbocycles.